The van der Waals surface area contributed by atoms with E-state index < -0.39 is 0 Å². The number of rotatable bonds is 1. The van der Waals surface area contributed by atoms with E-state index in [-0.39, 0.29) is 15.2 Å². The molecule has 1 aromatic rings. The third-order valence-corrected chi connectivity index (χ3v) is 2.11. The lowest BCUT2D eigenvalue weighted by atomic mass is 10.5. The summed E-state index contributed by atoms with van der Waals surface area (Å²) in [5, 5.41) is 0.00364. The van der Waals surface area contributed by atoms with Crippen LogP contribution in [0.4, 0.5) is 0 Å². The van der Waals surface area contributed by atoms with E-state index in [0.717, 1.165) is 4.57 Å². The fourth-order valence-electron chi connectivity index (χ4n) is 0.681. The molecule has 1 aromatic heterocycles. The Hall–Kier alpha value is -0.440. The Labute approximate surface area is 84.0 Å². The summed E-state index contributed by atoms with van der Waals surface area (Å²) in [6.45, 7) is 0. The van der Waals surface area contributed by atoms with Crippen molar-refractivity contribution in [1.29, 1.82) is 0 Å². The molecule has 0 fully saturated rings. The van der Waals surface area contributed by atoms with Gasteiger partial charge in [0.1, 0.15) is 9.65 Å². The standard InChI is InChI=1S/C7H4Cl3NO/c8-6(9)7(10)11-4-2-1-3-5(11)12/h1-4H. The molecular formula is C7H4Cl3NO. The SMILES string of the molecule is O=c1ccccn1C(Cl)=C(Cl)Cl. The van der Waals surface area contributed by atoms with Crippen LogP contribution < -0.4 is 5.56 Å². The molecule has 12 heavy (non-hydrogen) atoms. The van der Waals surface area contributed by atoms with E-state index in [1.165, 1.54) is 12.3 Å². The number of hydrogen-bond acceptors (Lipinski definition) is 1. The lowest BCUT2D eigenvalue weighted by Gasteiger charge is -2.01. The largest absolute Gasteiger partial charge is 0.272 e. The molecule has 5 heteroatoms. The molecule has 0 spiro atoms. The van der Waals surface area contributed by atoms with Crippen molar-refractivity contribution in [1.82, 2.24) is 4.57 Å². The van der Waals surface area contributed by atoms with Gasteiger partial charge in [-0.15, -0.1) is 0 Å². The quantitative estimate of drug-likeness (QED) is 0.719. The molecule has 1 heterocycles. The molecule has 0 saturated carbocycles. The normalized spacial score (nSPS) is 9.58. The van der Waals surface area contributed by atoms with Crippen LogP contribution in [-0.4, -0.2) is 4.57 Å². The molecule has 0 amide bonds. The molecule has 64 valence electrons. The summed E-state index contributed by atoms with van der Waals surface area (Å²) in [5.74, 6) is 0. The average Bonchev–Trinajstić information content (AvgIpc) is 2.04. The Balaban J connectivity index is 3.31. The highest BCUT2D eigenvalue weighted by molar-refractivity contribution is 6.65. The van der Waals surface area contributed by atoms with Crippen molar-refractivity contribution in [2.45, 2.75) is 0 Å². The number of aromatic nitrogens is 1. The molecule has 0 aliphatic heterocycles. The van der Waals surface area contributed by atoms with Gasteiger partial charge in [-0.1, -0.05) is 40.9 Å². The minimum absolute atomic E-state index is 0.00364. The number of hydrogen-bond donors (Lipinski definition) is 0. The van der Waals surface area contributed by atoms with E-state index in [9.17, 15) is 4.79 Å². The van der Waals surface area contributed by atoms with Crippen LogP contribution in [0.1, 0.15) is 0 Å². The van der Waals surface area contributed by atoms with Gasteiger partial charge in [0.15, 0.2) is 0 Å². The summed E-state index contributed by atoms with van der Waals surface area (Å²) in [4.78, 5) is 11.1. The van der Waals surface area contributed by atoms with Crippen molar-refractivity contribution in [2.24, 2.45) is 0 Å². The topological polar surface area (TPSA) is 22.0 Å². The minimum atomic E-state index is -0.277. The summed E-state index contributed by atoms with van der Waals surface area (Å²) in [6.07, 6.45) is 1.48. The minimum Gasteiger partial charge on any atom is -0.272 e. The summed E-state index contributed by atoms with van der Waals surface area (Å²) in [7, 11) is 0. The predicted octanol–water partition coefficient (Wildman–Crippen LogP) is 2.65. The molecule has 0 unspecified atom stereocenters. The van der Waals surface area contributed by atoms with E-state index in [0.29, 0.717) is 0 Å². The van der Waals surface area contributed by atoms with Crippen molar-refractivity contribution < 1.29 is 0 Å². The van der Waals surface area contributed by atoms with Crippen molar-refractivity contribution in [3.05, 3.63) is 39.2 Å². The fraction of sp³-hybridized carbons (Fsp3) is 0. The molecule has 0 aliphatic rings. The van der Waals surface area contributed by atoms with Gasteiger partial charge in [-0.3, -0.25) is 9.36 Å². The first-order valence-corrected chi connectivity index (χ1v) is 4.15. The zero-order valence-electron chi connectivity index (χ0n) is 5.80. The molecular weight excluding hydrogens is 220 g/mol. The second kappa shape index (κ2) is 3.99. The van der Waals surface area contributed by atoms with Gasteiger partial charge in [0.05, 0.1) is 0 Å². The summed E-state index contributed by atoms with van der Waals surface area (Å²) < 4.78 is 1.02. The molecule has 1 rings (SSSR count). The summed E-state index contributed by atoms with van der Waals surface area (Å²) >= 11 is 16.4. The number of nitrogens with zero attached hydrogens (tertiary/aromatic N) is 1. The fourth-order valence-corrected chi connectivity index (χ4v) is 1.00. The van der Waals surface area contributed by atoms with Crippen LogP contribution in [0.5, 0.6) is 0 Å². The van der Waals surface area contributed by atoms with E-state index in [1.54, 1.807) is 12.1 Å². The van der Waals surface area contributed by atoms with Crippen LogP contribution in [0.15, 0.2) is 33.7 Å². The lowest BCUT2D eigenvalue weighted by Crippen LogP contribution is -2.14. The van der Waals surface area contributed by atoms with Gasteiger partial charge in [0, 0.05) is 12.3 Å². The second-order valence-corrected chi connectivity index (χ2v) is 3.27. The first-order valence-electron chi connectivity index (χ1n) is 3.02. The highest BCUT2D eigenvalue weighted by Gasteiger charge is 2.02. The van der Waals surface area contributed by atoms with Crippen LogP contribution in [0.3, 0.4) is 0 Å². The van der Waals surface area contributed by atoms with E-state index >= 15 is 0 Å². The molecule has 0 radical (unpaired) electrons. The van der Waals surface area contributed by atoms with Gasteiger partial charge < -0.3 is 0 Å². The molecule has 2 nitrogen and oxygen atoms in total. The Kier molecular flexibility index (Phi) is 3.20. The molecule has 0 N–H and O–H groups in total. The van der Waals surface area contributed by atoms with E-state index in [2.05, 4.69) is 0 Å². The van der Waals surface area contributed by atoms with Crippen LogP contribution >= 0.6 is 34.8 Å². The third kappa shape index (κ3) is 2.03. The maximum Gasteiger partial charge on any atom is 0.255 e. The molecule has 0 saturated heterocycles. The number of halogens is 3. The zero-order valence-corrected chi connectivity index (χ0v) is 8.07. The van der Waals surface area contributed by atoms with Crippen LogP contribution in [0.2, 0.25) is 0 Å². The van der Waals surface area contributed by atoms with E-state index in [1.807, 2.05) is 0 Å². The van der Waals surface area contributed by atoms with E-state index in [4.69, 9.17) is 34.8 Å². The lowest BCUT2D eigenvalue weighted by molar-refractivity contribution is 1.05. The maximum absolute atomic E-state index is 11.1. The van der Waals surface area contributed by atoms with Crippen LogP contribution in [0.25, 0.3) is 5.16 Å². The second-order valence-electron chi connectivity index (χ2n) is 1.96. The Morgan fingerprint density at radius 1 is 1.25 bits per heavy atom. The summed E-state index contributed by atoms with van der Waals surface area (Å²) in [5.41, 5.74) is -0.277. The van der Waals surface area contributed by atoms with Crippen molar-refractivity contribution >= 4 is 40.0 Å². The van der Waals surface area contributed by atoms with Crippen molar-refractivity contribution in [3.63, 3.8) is 0 Å². The smallest absolute Gasteiger partial charge is 0.255 e. The molecule has 0 bridgehead atoms. The monoisotopic (exact) mass is 223 g/mol. The average molecular weight is 224 g/mol. The maximum atomic E-state index is 11.1. The number of pyridine rings is 1. The van der Waals surface area contributed by atoms with Gasteiger partial charge in [0.25, 0.3) is 5.56 Å². The molecule has 0 aliphatic carbocycles. The van der Waals surface area contributed by atoms with Crippen LogP contribution in [0, 0.1) is 0 Å². The van der Waals surface area contributed by atoms with Gasteiger partial charge in [0.2, 0.25) is 0 Å². The predicted molar refractivity (Wildman–Crippen MR) is 51.5 cm³/mol. The highest BCUT2D eigenvalue weighted by Crippen LogP contribution is 2.20. The zero-order chi connectivity index (χ0) is 9.14. The third-order valence-electron chi connectivity index (χ3n) is 1.19. The van der Waals surface area contributed by atoms with Crippen LogP contribution in [-0.2, 0) is 0 Å². The van der Waals surface area contributed by atoms with Gasteiger partial charge in [-0.2, -0.15) is 0 Å². The highest BCUT2D eigenvalue weighted by atomic mass is 35.5. The summed E-state index contributed by atoms with van der Waals surface area (Å²) in [6, 6.07) is 4.62. The van der Waals surface area contributed by atoms with Crippen molar-refractivity contribution in [3.8, 4) is 0 Å². The van der Waals surface area contributed by atoms with Gasteiger partial charge >= 0.3 is 0 Å². The van der Waals surface area contributed by atoms with Gasteiger partial charge in [-0.25, -0.2) is 0 Å². The Morgan fingerprint density at radius 2 is 1.92 bits per heavy atom. The Morgan fingerprint density at radius 3 is 2.42 bits per heavy atom. The molecule has 0 atom stereocenters. The van der Waals surface area contributed by atoms with Gasteiger partial charge in [-0.05, 0) is 6.07 Å². The first kappa shape index (κ1) is 9.65. The first-order chi connectivity index (χ1) is 5.63. The van der Waals surface area contributed by atoms with Crippen molar-refractivity contribution in [2.75, 3.05) is 0 Å². The Bertz CT molecular complexity index is 365. The molecule has 0 aromatic carbocycles.